The average molecular weight is 384 g/mol. The molecule has 3 rings (SSSR count). The van der Waals surface area contributed by atoms with Crippen molar-refractivity contribution in [2.75, 3.05) is 0 Å². The Balaban J connectivity index is 2.25. The van der Waals surface area contributed by atoms with Gasteiger partial charge in [-0.15, -0.1) is 0 Å². The molecule has 0 unspecified atom stereocenters. The van der Waals surface area contributed by atoms with Crippen LogP contribution in [0.15, 0.2) is 84.9 Å². The maximum atomic E-state index is 2.38. The van der Waals surface area contributed by atoms with E-state index >= 15 is 0 Å². The Morgan fingerprint density at radius 2 is 1.10 bits per heavy atom. The minimum absolute atomic E-state index is 0.135. The van der Waals surface area contributed by atoms with Gasteiger partial charge in [0.2, 0.25) is 0 Å². The lowest BCUT2D eigenvalue weighted by Gasteiger charge is -2.32. The molecule has 104 valence electrons. The van der Waals surface area contributed by atoms with Gasteiger partial charge in [0.25, 0.3) is 0 Å². The SMILES string of the molecule is CC(c1ccccc1)(c1ccccc1)c1cccc(I)c1. The second-order valence-electron chi connectivity index (χ2n) is 5.37. The summed E-state index contributed by atoms with van der Waals surface area (Å²) >= 11 is 2.38. The fourth-order valence-corrected chi connectivity index (χ4v) is 3.39. The first kappa shape index (κ1) is 14.3. The Morgan fingerprint density at radius 1 is 0.619 bits per heavy atom. The molecule has 0 saturated carbocycles. The molecule has 3 aromatic rings. The highest BCUT2D eigenvalue weighted by atomic mass is 127. The molecule has 0 bridgehead atoms. The van der Waals surface area contributed by atoms with Crippen LogP contribution in [0, 0.1) is 3.57 Å². The van der Waals surface area contributed by atoms with E-state index in [1.165, 1.54) is 20.3 Å². The molecule has 0 aliphatic heterocycles. The van der Waals surface area contributed by atoms with Crippen molar-refractivity contribution in [2.24, 2.45) is 0 Å². The van der Waals surface area contributed by atoms with Crippen LogP contribution >= 0.6 is 22.6 Å². The van der Waals surface area contributed by atoms with Crippen LogP contribution < -0.4 is 0 Å². The standard InChI is InChI=1S/C20H17I/c1-20(16-9-4-2-5-10-16,17-11-6-3-7-12-17)18-13-8-14-19(21)15-18/h2-15H,1H3. The normalized spacial score (nSPS) is 11.3. The predicted octanol–water partition coefficient (Wildman–Crippen LogP) is 5.65. The highest BCUT2D eigenvalue weighted by molar-refractivity contribution is 14.1. The van der Waals surface area contributed by atoms with Gasteiger partial charge < -0.3 is 0 Å². The number of halogens is 1. The van der Waals surface area contributed by atoms with Gasteiger partial charge in [-0.2, -0.15) is 0 Å². The van der Waals surface area contributed by atoms with E-state index in [9.17, 15) is 0 Å². The summed E-state index contributed by atoms with van der Waals surface area (Å²) in [6.07, 6.45) is 0. The Bertz CT molecular complexity index is 678. The molecule has 0 aromatic heterocycles. The van der Waals surface area contributed by atoms with Crippen LogP contribution in [0.1, 0.15) is 23.6 Å². The zero-order valence-electron chi connectivity index (χ0n) is 12.0. The van der Waals surface area contributed by atoms with Crippen LogP contribution in [-0.4, -0.2) is 0 Å². The highest BCUT2D eigenvalue weighted by Gasteiger charge is 2.30. The third kappa shape index (κ3) is 2.75. The summed E-state index contributed by atoms with van der Waals surface area (Å²) in [4.78, 5) is 0. The second-order valence-corrected chi connectivity index (χ2v) is 6.61. The van der Waals surface area contributed by atoms with E-state index in [4.69, 9.17) is 0 Å². The fraction of sp³-hybridized carbons (Fsp3) is 0.100. The molecule has 0 fully saturated rings. The van der Waals surface area contributed by atoms with Crippen molar-refractivity contribution in [3.63, 3.8) is 0 Å². The number of hydrogen-bond donors (Lipinski definition) is 0. The molecule has 0 spiro atoms. The lowest BCUT2D eigenvalue weighted by molar-refractivity contribution is 0.692. The van der Waals surface area contributed by atoms with Gasteiger partial charge in [0.05, 0.1) is 0 Å². The first-order valence-corrected chi connectivity index (χ1v) is 8.16. The summed E-state index contributed by atoms with van der Waals surface area (Å²) in [6.45, 7) is 2.31. The topological polar surface area (TPSA) is 0 Å². The molecular weight excluding hydrogens is 367 g/mol. The Kier molecular flexibility index (Phi) is 4.11. The Morgan fingerprint density at radius 3 is 1.57 bits per heavy atom. The molecule has 0 radical (unpaired) electrons. The van der Waals surface area contributed by atoms with Gasteiger partial charge in [0.15, 0.2) is 0 Å². The lowest BCUT2D eigenvalue weighted by Crippen LogP contribution is -2.25. The van der Waals surface area contributed by atoms with Crippen LogP contribution in [-0.2, 0) is 5.41 Å². The Labute approximate surface area is 140 Å². The number of hydrogen-bond acceptors (Lipinski definition) is 0. The van der Waals surface area contributed by atoms with E-state index in [2.05, 4.69) is 114 Å². The van der Waals surface area contributed by atoms with E-state index in [0.29, 0.717) is 0 Å². The zero-order chi connectivity index (χ0) is 14.7. The molecule has 1 heteroatoms. The van der Waals surface area contributed by atoms with Crippen LogP contribution in [0.5, 0.6) is 0 Å². The summed E-state index contributed by atoms with van der Waals surface area (Å²) in [6, 6.07) is 30.3. The molecule has 0 saturated heterocycles. The van der Waals surface area contributed by atoms with Gasteiger partial charge in [-0.3, -0.25) is 0 Å². The number of benzene rings is 3. The zero-order valence-corrected chi connectivity index (χ0v) is 14.1. The van der Waals surface area contributed by atoms with Crippen molar-refractivity contribution in [3.05, 3.63) is 105 Å². The van der Waals surface area contributed by atoms with E-state index in [0.717, 1.165) is 0 Å². The van der Waals surface area contributed by atoms with Gasteiger partial charge in [0.1, 0.15) is 0 Å². The fourth-order valence-electron chi connectivity index (χ4n) is 2.84. The molecule has 0 aliphatic rings. The van der Waals surface area contributed by atoms with E-state index in [1.807, 2.05) is 0 Å². The summed E-state index contributed by atoms with van der Waals surface area (Å²) in [5, 5.41) is 0. The molecule has 0 atom stereocenters. The van der Waals surface area contributed by atoms with Crippen LogP contribution in [0.4, 0.5) is 0 Å². The third-order valence-electron chi connectivity index (χ3n) is 4.10. The molecular formula is C20H17I. The molecule has 0 nitrogen and oxygen atoms in total. The second kappa shape index (κ2) is 6.02. The van der Waals surface area contributed by atoms with Crippen molar-refractivity contribution >= 4 is 22.6 Å². The third-order valence-corrected chi connectivity index (χ3v) is 4.78. The van der Waals surface area contributed by atoms with Crippen LogP contribution in [0.25, 0.3) is 0 Å². The first-order valence-electron chi connectivity index (χ1n) is 7.08. The van der Waals surface area contributed by atoms with Gasteiger partial charge in [-0.25, -0.2) is 0 Å². The van der Waals surface area contributed by atoms with Gasteiger partial charge in [-0.05, 0) is 58.3 Å². The van der Waals surface area contributed by atoms with E-state index in [1.54, 1.807) is 0 Å². The van der Waals surface area contributed by atoms with E-state index < -0.39 is 0 Å². The van der Waals surface area contributed by atoms with Crippen molar-refractivity contribution < 1.29 is 0 Å². The smallest absolute Gasteiger partial charge is 0.0423 e. The van der Waals surface area contributed by atoms with Crippen LogP contribution in [0.3, 0.4) is 0 Å². The van der Waals surface area contributed by atoms with Crippen molar-refractivity contribution in [1.82, 2.24) is 0 Å². The van der Waals surface area contributed by atoms with Gasteiger partial charge in [0, 0.05) is 8.99 Å². The Hall–Kier alpha value is -1.61. The lowest BCUT2D eigenvalue weighted by atomic mass is 9.71. The molecule has 3 aromatic carbocycles. The quantitative estimate of drug-likeness (QED) is 0.405. The molecule has 0 amide bonds. The summed E-state index contributed by atoms with van der Waals surface area (Å²) in [5.74, 6) is 0. The maximum absolute atomic E-state index is 2.38. The van der Waals surface area contributed by atoms with E-state index in [-0.39, 0.29) is 5.41 Å². The van der Waals surface area contributed by atoms with Crippen molar-refractivity contribution in [3.8, 4) is 0 Å². The molecule has 21 heavy (non-hydrogen) atoms. The minimum Gasteiger partial charge on any atom is -0.0622 e. The maximum Gasteiger partial charge on any atom is 0.0423 e. The van der Waals surface area contributed by atoms with Crippen molar-refractivity contribution in [1.29, 1.82) is 0 Å². The van der Waals surface area contributed by atoms with Gasteiger partial charge >= 0.3 is 0 Å². The predicted molar refractivity (Wildman–Crippen MR) is 97.6 cm³/mol. The number of rotatable bonds is 3. The summed E-state index contributed by atoms with van der Waals surface area (Å²) in [5.41, 5.74) is 3.83. The highest BCUT2D eigenvalue weighted by Crippen LogP contribution is 2.38. The van der Waals surface area contributed by atoms with Crippen molar-refractivity contribution in [2.45, 2.75) is 12.3 Å². The monoisotopic (exact) mass is 384 g/mol. The molecule has 0 heterocycles. The average Bonchev–Trinajstić information content (AvgIpc) is 2.56. The molecule has 0 N–H and O–H groups in total. The van der Waals surface area contributed by atoms with Crippen LogP contribution in [0.2, 0.25) is 0 Å². The first-order chi connectivity index (χ1) is 10.2. The summed E-state index contributed by atoms with van der Waals surface area (Å²) < 4.78 is 1.27. The molecule has 0 aliphatic carbocycles. The minimum atomic E-state index is -0.135. The van der Waals surface area contributed by atoms with Gasteiger partial charge in [-0.1, -0.05) is 72.8 Å². The summed E-state index contributed by atoms with van der Waals surface area (Å²) in [7, 11) is 0. The largest absolute Gasteiger partial charge is 0.0622 e.